The lowest BCUT2D eigenvalue weighted by Crippen LogP contribution is -2.24. The lowest BCUT2D eigenvalue weighted by Gasteiger charge is -2.23. The van der Waals surface area contributed by atoms with Crippen molar-refractivity contribution in [3.8, 4) is 6.07 Å². The average Bonchev–Trinajstić information content (AvgIpc) is 2.54. The highest BCUT2D eigenvalue weighted by Gasteiger charge is 2.11. The van der Waals surface area contributed by atoms with Crippen LogP contribution in [0.25, 0.3) is 0 Å². The maximum Gasteiger partial charge on any atom is 0.0991 e. The highest BCUT2D eigenvalue weighted by atomic mass is 35.5. The van der Waals surface area contributed by atoms with Gasteiger partial charge in [0, 0.05) is 25.0 Å². The summed E-state index contributed by atoms with van der Waals surface area (Å²) < 4.78 is 0. The first-order valence-electron chi connectivity index (χ1n) is 6.84. The van der Waals surface area contributed by atoms with Crippen molar-refractivity contribution in [3.05, 3.63) is 59.2 Å². The Hall–Kier alpha value is -2.02. The standard InChI is InChI=1S/C17H17N3.ClH/c1-20(16-5-2-13(11-18)3-6-16)17-7-4-14-8-9-19-12-15(14)10-17;/h2-7,10,19H,8-9,12H2,1H3;1H. The number of hydrogen-bond donors (Lipinski definition) is 1. The van der Waals surface area contributed by atoms with Gasteiger partial charge < -0.3 is 10.2 Å². The van der Waals surface area contributed by atoms with E-state index in [1.165, 1.54) is 16.8 Å². The van der Waals surface area contributed by atoms with Gasteiger partial charge in [-0.05, 0) is 60.5 Å². The normalized spacial score (nSPS) is 12.8. The number of benzene rings is 2. The van der Waals surface area contributed by atoms with Crippen molar-refractivity contribution in [2.24, 2.45) is 0 Å². The van der Waals surface area contributed by atoms with Crippen LogP contribution in [0.2, 0.25) is 0 Å². The third kappa shape index (κ3) is 3.18. The van der Waals surface area contributed by atoms with Crippen LogP contribution < -0.4 is 10.2 Å². The van der Waals surface area contributed by atoms with Gasteiger partial charge in [-0.3, -0.25) is 0 Å². The number of nitrogens with zero attached hydrogens (tertiary/aromatic N) is 2. The van der Waals surface area contributed by atoms with E-state index in [2.05, 4.69) is 41.5 Å². The van der Waals surface area contributed by atoms with Crippen LogP contribution >= 0.6 is 12.4 Å². The fourth-order valence-corrected chi connectivity index (χ4v) is 2.58. The van der Waals surface area contributed by atoms with E-state index in [-0.39, 0.29) is 12.4 Å². The molecule has 0 aromatic heterocycles. The lowest BCUT2D eigenvalue weighted by atomic mass is 10.00. The minimum absolute atomic E-state index is 0. The molecule has 0 unspecified atom stereocenters. The van der Waals surface area contributed by atoms with Gasteiger partial charge in [0.1, 0.15) is 0 Å². The summed E-state index contributed by atoms with van der Waals surface area (Å²) in [4.78, 5) is 2.15. The highest BCUT2D eigenvalue weighted by Crippen LogP contribution is 2.27. The average molecular weight is 300 g/mol. The van der Waals surface area contributed by atoms with Crippen molar-refractivity contribution in [2.45, 2.75) is 13.0 Å². The molecule has 0 fully saturated rings. The third-order valence-corrected chi connectivity index (χ3v) is 3.85. The summed E-state index contributed by atoms with van der Waals surface area (Å²) in [5, 5.41) is 12.3. The molecule has 2 aromatic rings. The number of halogens is 1. The molecule has 1 N–H and O–H groups in total. The summed E-state index contributed by atoms with van der Waals surface area (Å²) >= 11 is 0. The van der Waals surface area contributed by atoms with Gasteiger partial charge in [-0.1, -0.05) is 6.07 Å². The number of hydrogen-bond acceptors (Lipinski definition) is 3. The van der Waals surface area contributed by atoms with E-state index in [0.29, 0.717) is 5.56 Å². The Bertz CT molecular complexity index is 659. The Morgan fingerprint density at radius 1 is 1.05 bits per heavy atom. The largest absolute Gasteiger partial charge is 0.345 e. The molecule has 0 saturated heterocycles. The SMILES string of the molecule is CN(c1ccc(C#N)cc1)c1ccc2c(c1)CNCC2.Cl. The van der Waals surface area contributed by atoms with Crippen LogP contribution in [-0.4, -0.2) is 13.6 Å². The maximum absolute atomic E-state index is 8.85. The molecule has 0 amide bonds. The van der Waals surface area contributed by atoms with E-state index in [1.54, 1.807) is 0 Å². The first kappa shape index (κ1) is 15.4. The maximum atomic E-state index is 8.85. The second kappa shape index (κ2) is 6.62. The van der Waals surface area contributed by atoms with Crippen LogP contribution in [0.3, 0.4) is 0 Å². The molecule has 0 spiro atoms. The first-order valence-corrected chi connectivity index (χ1v) is 6.84. The molecule has 1 heterocycles. The molecule has 1 aliphatic heterocycles. The van der Waals surface area contributed by atoms with E-state index < -0.39 is 0 Å². The van der Waals surface area contributed by atoms with Gasteiger partial charge in [-0.15, -0.1) is 12.4 Å². The Balaban J connectivity index is 0.00000161. The number of rotatable bonds is 2. The predicted octanol–water partition coefficient (Wildman–Crippen LogP) is 3.39. The molecule has 3 rings (SSSR count). The fraction of sp³-hybridized carbons (Fsp3) is 0.235. The molecule has 0 bridgehead atoms. The van der Waals surface area contributed by atoms with Gasteiger partial charge in [-0.25, -0.2) is 0 Å². The van der Waals surface area contributed by atoms with Gasteiger partial charge in [-0.2, -0.15) is 5.26 Å². The molecule has 21 heavy (non-hydrogen) atoms. The molecular formula is C17H18ClN3. The number of nitrogens with one attached hydrogen (secondary N) is 1. The molecule has 3 nitrogen and oxygen atoms in total. The summed E-state index contributed by atoms with van der Waals surface area (Å²) in [6.07, 6.45) is 1.11. The minimum Gasteiger partial charge on any atom is -0.345 e. The molecule has 0 radical (unpaired) electrons. The molecule has 0 aliphatic carbocycles. The number of anilines is 2. The van der Waals surface area contributed by atoms with Gasteiger partial charge in [0.05, 0.1) is 11.6 Å². The van der Waals surface area contributed by atoms with Crippen LogP contribution in [-0.2, 0) is 13.0 Å². The van der Waals surface area contributed by atoms with Crippen LogP contribution in [0, 0.1) is 11.3 Å². The molecule has 0 atom stereocenters. The Morgan fingerprint density at radius 3 is 2.48 bits per heavy atom. The van der Waals surface area contributed by atoms with Crippen LogP contribution in [0.4, 0.5) is 11.4 Å². The van der Waals surface area contributed by atoms with E-state index in [4.69, 9.17) is 5.26 Å². The highest BCUT2D eigenvalue weighted by molar-refractivity contribution is 5.85. The summed E-state index contributed by atoms with van der Waals surface area (Å²) in [5.41, 5.74) is 5.79. The van der Waals surface area contributed by atoms with E-state index in [0.717, 1.165) is 25.2 Å². The second-order valence-electron chi connectivity index (χ2n) is 5.10. The zero-order chi connectivity index (χ0) is 13.9. The first-order chi connectivity index (χ1) is 9.78. The molecule has 1 aliphatic rings. The van der Waals surface area contributed by atoms with Gasteiger partial charge in [0.25, 0.3) is 0 Å². The van der Waals surface area contributed by atoms with Crippen LogP contribution in [0.15, 0.2) is 42.5 Å². The summed E-state index contributed by atoms with van der Waals surface area (Å²) in [5.74, 6) is 0. The molecule has 4 heteroatoms. The predicted molar refractivity (Wildman–Crippen MR) is 88.3 cm³/mol. The summed E-state index contributed by atoms with van der Waals surface area (Å²) in [6, 6.07) is 16.5. The van der Waals surface area contributed by atoms with Crippen molar-refractivity contribution < 1.29 is 0 Å². The molecule has 108 valence electrons. The molecule has 2 aromatic carbocycles. The monoisotopic (exact) mass is 299 g/mol. The van der Waals surface area contributed by atoms with Crippen molar-refractivity contribution >= 4 is 23.8 Å². The van der Waals surface area contributed by atoms with Crippen molar-refractivity contribution in [1.29, 1.82) is 5.26 Å². The van der Waals surface area contributed by atoms with Crippen LogP contribution in [0.5, 0.6) is 0 Å². The molecule has 0 saturated carbocycles. The minimum atomic E-state index is 0. The Kier molecular flexibility index (Phi) is 4.85. The second-order valence-corrected chi connectivity index (χ2v) is 5.10. The van der Waals surface area contributed by atoms with Crippen molar-refractivity contribution in [3.63, 3.8) is 0 Å². The van der Waals surface area contributed by atoms with Gasteiger partial charge in [0.2, 0.25) is 0 Å². The van der Waals surface area contributed by atoms with Gasteiger partial charge >= 0.3 is 0 Å². The number of nitriles is 1. The zero-order valence-electron chi connectivity index (χ0n) is 12.0. The van der Waals surface area contributed by atoms with E-state index in [1.807, 2.05) is 24.3 Å². The fourth-order valence-electron chi connectivity index (χ4n) is 2.58. The number of fused-ring (bicyclic) bond motifs is 1. The third-order valence-electron chi connectivity index (χ3n) is 3.85. The van der Waals surface area contributed by atoms with Crippen molar-refractivity contribution in [2.75, 3.05) is 18.5 Å². The summed E-state index contributed by atoms with van der Waals surface area (Å²) in [6.45, 7) is 2.02. The zero-order valence-corrected chi connectivity index (χ0v) is 12.8. The van der Waals surface area contributed by atoms with Crippen molar-refractivity contribution in [1.82, 2.24) is 5.32 Å². The van der Waals surface area contributed by atoms with Gasteiger partial charge in [0.15, 0.2) is 0 Å². The summed E-state index contributed by atoms with van der Waals surface area (Å²) in [7, 11) is 2.05. The lowest BCUT2D eigenvalue weighted by molar-refractivity contribution is 0.644. The topological polar surface area (TPSA) is 39.1 Å². The molecular weight excluding hydrogens is 282 g/mol. The van der Waals surface area contributed by atoms with Crippen LogP contribution in [0.1, 0.15) is 16.7 Å². The smallest absolute Gasteiger partial charge is 0.0991 e. The van der Waals surface area contributed by atoms with E-state index >= 15 is 0 Å². The Morgan fingerprint density at radius 2 is 1.76 bits per heavy atom. The van der Waals surface area contributed by atoms with E-state index in [9.17, 15) is 0 Å². The Labute approximate surface area is 131 Å². The quantitative estimate of drug-likeness (QED) is 0.924.